The zero-order valence-electron chi connectivity index (χ0n) is 18.2. The number of phenolic OH excluding ortho intramolecular Hbond substituents is 1. The van der Waals surface area contributed by atoms with Crippen LogP contribution >= 0.6 is 0 Å². The Morgan fingerprint density at radius 3 is 2.63 bits per heavy atom. The minimum Gasteiger partial charge on any atom is -0.508 e. The van der Waals surface area contributed by atoms with E-state index in [1.54, 1.807) is 18.2 Å². The average molecular weight is 416 g/mol. The number of carbonyl (C=O) groups is 3. The second-order valence-corrected chi connectivity index (χ2v) is 9.29. The third kappa shape index (κ3) is 4.60. The van der Waals surface area contributed by atoms with Crippen LogP contribution in [0.1, 0.15) is 58.4 Å². The largest absolute Gasteiger partial charge is 0.508 e. The monoisotopic (exact) mass is 415 g/mol. The van der Waals surface area contributed by atoms with Crippen molar-refractivity contribution in [2.75, 3.05) is 13.1 Å². The number of hydrogen-bond donors (Lipinski definition) is 3. The topological polar surface area (TPSA) is 98.7 Å². The third-order valence-corrected chi connectivity index (χ3v) is 7.05. The molecule has 1 aliphatic heterocycles. The molecule has 0 unspecified atom stereocenters. The first kappa shape index (κ1) is 22.1. The third-order valence-electron chi connectivity index (χ3n) is 7.05. The predicted molar refractivity (Wildman–Crippen MR) is 114 cm³/mol. The standard InChI is InChI=1S/C23H33N3O4/c1-4-22(2,3)17-8-11-23(12-9-17)20(29)26(21(30)25-23)15-19(28)24-13-10-16-6-5-7-18(27)14-16/h5-7,14,17,27H,4,8-13,15H2,1-3H3,(H,24,28)(H,25,30). The predicted octanol–water partition coefficient (Wildman–Crippen LogP) is 2.97. The maximum absolute atomic E-state index is 13.0. The van der Waals surface area contributed by atoms with E-state index in [0.717, 1.165) is 29.7 Å². The number of amides is 4. The summed E-state index contributed by atoms with van der Waals surface area (Å²) in [5, 5.41) is 15.1. The van der Waals surface area contributed by atoms with Gasteiger partial charge >= 0.3 is 6.03 Å². The Bertz CT molecular complexity index is 812. The van der Waals surface area contributed by atoms with Gasteiger partial charge in [0.1, 0.15) is 17.8 Å². The molecule has 0 radical (unpaired) electrons. The van der Waals surface area contributed by atoms with Crippen molar-refractivity contribution < 1.29 is 19.5 Å². The lowest BCUT2D eigenvalue weighted by Gasteiger charge is -2.42. The Kier molecular flexibility index (Phi) is 6.38. The van der Waals surface area contributed by atoms with Crippen LogP contribution in [0.5, 0.6) is 5.75 Å². The molecule has 1 heterocycles. The Balaban J connectivity index is 1.52. The Labute approximate surface area is 178 Å². The van der Waals surface area contributed by atoms with Gasteiger partial charge in [-0.2, -0.15) is 0 Å². The molecule has 1 aromatic rings. The zero-order chi connectivity index (χ0) is 21.9. The summed E-state index contributed by atoms with van der Waals surface area (Å²) in [6.45, 7) is 6.81. The van der Waals surface area contributed by atoms with Crippen molar-refractivity contribution in [2.45, 2.75) is 64.8 Å². The Morgan fingerprint density at radius 1 is 1.30 bits per heavy atom. The van der Waals surface area contributed by atoms with Gasteiger partial charge in [-0.15, -0.1) is 0 Å². The fourth-order valence-electron chi connectivity index (χ4n) is 4.60. The molecule has 1 spiro atoms. The molecule has 3 N–H and O–H groups in total. The molecule has 0 atom stereocenters. The highest BCUT2D eigenvalue weighted by Crippen LogP contribution is 2.45. The van der Waals surface area contributed by atoms with E-state index in [9.17, 15) is 19.5 Å². The van der Waals surface area contributed by atoms with E-state index in [0.29, 0.717) is 31.7 Å². The summed E-state index contributed by atoms with van der Waals surface area (Å²) in [6, 6.07) is 6.37. The van der Waals surface area contributed by atoms with Gasteiger partial charge in [-0.1, -0.05) is 39.3 Å². The highest BCUT2D eigenvalue weighted by Gasteiger charge is 2.53. The number of rotatable bonds is 7. The first-order valence-electron chi connectivity index (χ1n) is 10.9. The molecule has 3 rings (SSSR count). The van der Waals surface area contributed by atoms with Crippen LogP contribution in [-0.4, -0.2) is 46.5 Å². The van der Waals surface area contributed by atoms with Crippen LogP contribution < -0.4 is 10.6 Å². The van der Waals surface area contributed by atoms with Gasteiger partial charge in [-0.05, 0) is 61.1 Å². The first-order valence-corrected chi connectivity index (χ1v) is 10.9. The van der Waals surface area contributed by atoms with E-state index >= 15 is 0 Å². The molecule has 2 fully saturated rings. The molecule has 4 amide bonds. The highest BCUT2D eigenvalue weighted by atomic mass is 16.3. The molecular formula is C23H33N3O4. The summed E-state index contributed by atoms with van der Waals surface area (Å²) in [5.41, 5.74) is 0.276. The Morgan fingerprint density at radius 2 is 2.00 bits per heavy atom. The van der Waals surface area contributed by atoms with Gasteiger partial charge in [0.2, 0.25) is 5.91 Å². The number of benzene rings is 1. The molecule has 164 valence electrons. The number of aromatic hydroxyl groups is 1. The van der Waals surface area contributed by atoms with Crippen molar-refractivity contribution in [3.8, 4) is 5.75 Å². The summed E-state index contributed by atoms with van der Waals surface area (Å²) >= 11 is 0. The second-order valence-electron chi connectivity index (χ2n) is 9.29. The molecule has 1 aromatic carbocycles. The van der Waals surface area contributed by atoms with Gasteiger partial charge in [-0.3, -0.25) is 14.5 Å². The van der Waals surface area contributed by atoms with E-state index in [-0.39, 0.29) is 29.5 Å². The van der Waals surface area contributed by atoms with Crippen LogP contribution in [0.3, 0.4) is 0 Å². The molecule has 7 nitrogen and oxygen atoms in total. The van der Waals surface area contributed by atoms with Crippen LogP contribution in [0.2, 0.25) is 0 Å². The highest BCUT2D eigenvalue weighted by molar-refractivity contribution is 6.09. The van der Waals surface area contributed by atoms with Crippen molar-refractivity contribution in [1.82, 2.24) is 15.5 Å². The average Bonchev–Trinajstić information content (AvgIpc) is 2.92. The lowest BCUT2D eigenvalue weighted by molar-refractivity contribution is -0.136. The minimum absolute atomic E-state index is 0.181. The maximum Gasteiger partial charge on any atom is 0.325 e. The van der Waals surface area contributed by atoms with Gasteiger partial charge in [-0.25, -0.2) is 4.79 Å². The van der Waals surface area contributed by atoms with Crippen LogP contribution in [0.4, 0.5) is 4.79 Å². The summed E-state index contributed by atoms with van der Waals surface area (Å²) < 4.78 is 0. The van der Waals surface area contributed by atoms with Crippen molar-refractivity contribution in [3.63, 3.8) is 0 Å². The SMILES string of the molecule is CCC(C)(C)C1CCC2(CC1)NC(=O)N(CC(=O)NCCc1cccc(O)c1)C2=O. The van der Waals surface area contributed by atoms with Crippen molar-refractivity contribution in [2.24, 2.45) is 11.3 Å². The lowest BCUT2D eigenvalue weighted by atomic mass is 9.65. The molecule has 1 aliphatic carbocycles. The summed E-state index contributed by atoms with van der Waals surface area (Å²) in [7, 11) is 0. The van der Waals surface area contributed by atoms with E-state index in [1.807, 2.05) is 6.07 Å². The van der Waals surface area contributed by atoms with Gasteiger partial charge in [0.25, 0.3) is 5.91 Å². The quantitative estimate of drug-likeness (QED) is 0.596. The minimum atomic E-state index is -0.848. The number of nitrogens with zero attached hydrogens (tertiary/aromatic N) is 1. The number of carbonyl (C=O) groups excluding carboxylic acids is 3. The molecular weight excluding hydrogens is 382 g/mol. The number of imide groups is 1. The van der Waals surface area contributed by atoms with Crippen LogP contribution in [0.15, 0.2) is 24.3 Å². The van der Waals surface area contributed by atoms with E-state index in [4.69, 9.17) is 0 Å². The van der Waals surface area contributed by atoms with Crippen LogP contribution in [0.25, 0.3) is 0 Å². The second kappa shape index (κ2) is 8.66. The molecule has 0 aromatic heterocycles. The fourth-order valence-corrected chi connectivity index (χ4v) is 4.60. The van der Waals surface area contributed by atoms with Crippen molar-refractivity contribution in [1.29, 1.82) is 0 Å². The van der Waals surface area contributed by atoms with Gasteiger partial charge < -0.3 is 15.7 Å². The van der Waals surface area contributed by atoms with Crippen molar-refractivity contribution in [3.05, 3.63) is 29.8 Å². The summed E-state index contributed by atoms with van der Waals surface area (Å²) in [5.74, 6) is 0.0768. The number of phenols is 1. The molecule has 7 heteroatoms. The van der Waals surface area contributed by atoms with E-state index < -0.39 is 11.6 Å². The number of nitrogens with one attached hydrogen (secondary N) is 2. The van der Waals surface area contributed by atoms with Crippen LogP contribution in [-0.2, 0) is 16.0 Å². The lowest BCUT2D eigenvalue weighted by Crippen LogP contribution is -2.51. The summed E-state index contributed by atoms with van der Waals surface area (Å²) in [4.78, 5) is 38.8. The fraction of sp³-hybridized carbons (Fsp3) is 0.609. The molecule has 1 saturated carbocycles. The number of urea groups is 1. The van der Waals surface area contributed by atoms with E-state index in [2.05, 4.69) is 31.4 Å². The molecule has 1 saturated heterocycles. The van der Waals surface area contributed by atoms with Gasteiger partial charge in [0, 0.05) is 6.54 Å². The van der Waals surface area contributed by atoms with E-state index in [1.165, 1.54) is 0 Å². The van der Waals surface area contributed by atoms with Gasteiger partial charge in [0.05, 0.1) is 0 Å². The molecule has 30 heavy (non-hydrogen) atoms. The summed E-state index contributed by atoms with van der Waals surface area (Å²) in [6.07, 6.45) is 4.69. The van der Waals surface area contributed by atoms with Crippen molar-refractivity contribution >= 4 is 17.8 Å². The Hall–Kier alpha value is -2.57. The van der Waals surface area contributed by atoms with Gasteiger partial charge in [0.15, 0.2) is 0 Å². The molecule has 0 bridgehead atoms. The van der Waals surface area contributed by atoms with Crippen LogP contribution in [0, 0.1) is 11.3 Å². The normalized spacial score (nSPS) is 24.2. The molecule has 2 aliphatic rings. The maximum atomic E-state index is 13.0. The number of hydrogen-bond acceptors (Lipinski definition) is 4. The smallest absolute Gasteiger partial charge is 0.325 e. The zero-order valence-corrected chi connectivity index (χ0v) is 18.2. The first-order chi connectivity index (χ1) is 14.2.